The zero-order chi connectivity index (χ0) is 17.2. The molecule has 0 aliphatic heterocycles. The van der Waals surface area contributed by atoms with E-state index in [4.69, 9.17) is 0 Å². The van der Waals surface area contributed by atoms with Crippen LogP contribution in [0.1, 0.15) is 17.0 Å². The molecule has 25 heavy (non-hydrogen) atoms. The summed E-state index contributed by atoms with van der Waals surface area (Å²) in [7, 11) is 0. The van der Waals surface area contributed by atoms with Gasteiger partial charge in [-0.15, -0.1) is 0 Å². The molecule has 1 aromatic carbocycles. The molecule has 0 unspecified atom stereocenters. The SMILES string of the molecule is Cc1ccc(CNc2ccc(-c3cn4ccccc4n3)cc2)c(C)n1. The summed E-state index contributed by atoms with van der Waals surface area (Å²) in [5.41, 5.74) is 7.50. The number of hydrogen-bond donors (Lipinski definition) is 1. The summed E-state index contributed by atoms with van der Waals surface area (Å²) >= 11 is 0. The molecule has 0 radical (unpaired) electrons. The molecule has 4 heteroatoms. The van der Waals surface area contributed by atoms with Crippen molar-refractivity contribution in [2.75, 3.05) is 5.32 Å². The number of aromatic nitrogens is 3. The quantitative estimate of drug-likeness (QED) is 0.594. The van der Waals surface area contributed by atoms with Gasteiger partial charge in [0.1, 0.15) is 5.65 Å². The second-order valence-electron chi connectivity index (χ2n) is 6.22. The van der Waals surface area contributed by atoms with Crippen LogP contribution < -0.4 is 5.32 Å². The van der Waals surface area contributed by atoms with E-state index in [0.29, 0.717) is 0 Å². The molecule has 0 aliphatic carbocycles. The van der Waals surface area contributed by atoms with Crippen molar-refractivity contribution in [2.24, 2.45) is 0 Å². The minimum absolute atomic E-state index is 0.771. The minimum atomic E-state index is 0.771. The number of pyridine rings is 2. The molecule has 124 valence electrons. The summed E-state index contributed by atoms with van der Waals surface area (Å²) in [6.07, 6.45) is 4.07. The van der Waals surface area contributed by atoms with Crippen molar-refractivity contribution < 1.29 is 0 Å². The average molecular weight is 328 g/mol. The summed E-state index contributed by atoms with van der Waals surface area (Å²) in [4.78, 5) is 9.17. The lowest BCUT2D eigenvalue weighted by molar-refractivity contribution is 1.03. The van der Waals surface area contributed by atoms with Crippen LogP contribution in [0.25, 0.3) is 16.9 Å². The van der Waals surface area contributed by atoms with Gasteiger partial charge in [-0.1, -0.05) is 24.3 Å². The van der Waals surface area contributed by atoms with Crippen LogP contribution in [0.2, 0.25) is 0 Å². The third-order valence-electron chi connectivity index (χ3n) is 4.36. The molecule has 0 bridgehead atoms. The standard InChI is InChI=1S/C21H20N4/c1-15-6-7-18(16(2)23-15)13-22-19-10-8-17(9-11-19)20-14-25-12-4-3-5-21(25)24-20/h3-12,14,22H,13H2,1-2H3. The van der Waals surface area contributed by atoms with E-state index in [9.17, 15) is 0 Å². The van der Waals surface area contributed by atoms with Gasteiger partial charge in [0.25, 0.3) is 0 Å². The second-order valence-corrected chi connectivity index (χ2v) is 6.22. The molecule has 1 N–H and O–H groups in total. The van der Waals surface area contributed by atoms with E-state index in [-0.39, 0.29) is 0 Å². The van der Waals surface area contributed by atoms with Crippen molar-refractivity contribution in [3.8, 4) is 11.3 Å². The number of nitrogens with one attached hydrogen (secondary N) is 1. The predicted octanol–water partition coefficient (Wildman–Crippen LogP) is 4.63. The largest absolute Gasteiger partial charge is 0.381 e. The number of nitrogens with zero attached hydrogens (tertiary/aromatic N) is 3. The van der Waals surface area contributed by atoms with Crippen LogP contribution in [-0.2, 0) is 6.54 Å². The fraction of sp³-hybridized carbons (Fsp3) is 0.143. The highest BCUT2D eigenvalue weighted by Gasteiger charge is 2.04. The van der Waals surface area contributed by atoms with Gasteiger partial charge in [0, 0.05) is 41.6 Å². The monoisotopic (exact) mass is 328 g/mol. The van der Waals surface area contributed by atoms with E-state index in [1.165, 1.54) is 5.56 Å². The van der Waals surface area contributed by atoms with Crippen LogP contribution in [0.15, 0.2) is 67.0 Å². The van der Waals surface area contributed by atoms with E-state index < -0.39 is 0 Å². The van der Waals surface area contributed by atoms with Crippen molar-refractivity contribution in [3.05, 3.63) is 83.9 Å². The molecule has 0 aliphatic rings. The number of fused-ring (bicyclic) bond motifs is 1. The normalized spacial score (nSPS) is 11.0. The Kier molecular flexibility index (Phi) is 3.94. The maximum Gasteiger partial charge on any atom is 0.137 e. The molecule has 0 atom stereocenters. The lowest BCUT2D eigenvalue weighted by Gasteiger charge is -2.09. The van der Waals surface area contributed by atoms with Gasteiger partial charge < -0.3 is 9.72 Å². The van der Waals surface area contributed by atoms with E-state index in [1.807, 2.05) is 35.7 Å². The highest BCUT2D eigenvalue weighted by molar-refractivity contribution is 5.65. The van der Waals surface area contributed by atoms with Crippen LogP contribution in [0.5, 0.6) is 0 Å². The number of anilines is 1. The Labute approximate surface area is 147 Å². The summed E-state index contributed by atoms with van der Waals surface area (Å²) in [5.74, 6) is 0. The van der Waals surface area contributed by atoms with Gasteiger partial charge in [0.2, 0.25) is 0 Å². The third kappa shape index (κ3) is 3.24. The molecule has 0 fully saturated rings. The average Bonchev–Trinajstić information content (AvgIpc) is 3.05. The van der Waals surface area contributed by atoms with E-state index in [1.54, 1.807) is 0 Å². The van der Waals surface area contributed by atoms with Crippen molar-refractivity contribution in [2.45, 2.75) is 20.4 Å². The van der Waals surface area contributed by atoms with Crippen molar-refractivity contribution in [3.63, 3.8) is 0 Å². The van der Waals surface area contributed by atoms with Crippen molar-refractivity contribution in [1.82, 2.24) is 14.4 Å². The lowest BCUT2D eigenvalue weighted by atomic mass is 10.1. The molecule has 0 saturated heterocycles. The first kappa shape index (κ1) is 15.4. The Hall–Kier alpha value is -3.14. The van der Waals surface area contributed by atoms with Crippen LogP contribution in [-0.4, -0.2) is 14.4 Å². The van der Waals surface area contributed by atoms with E-state index in [0.717, 1.165) is 40.5 Å². The highest BCUT2D eigenvalue weighted by Crippen LogP contribution is 2.21. The van der Waals surface area contributed by atoms with E-state index >= 15 is 0 Å². The molecule has 4 nitrogen and oxygen atoms in total. The fourth-order valence-corrected chi connectivity index (χ4v) is 2.93. The fourth-order valence-electron chi connectivity index (χ4n) is 2.93. The number of aryl methyl sites for hydroxylation is 2. The van der Waals surface area contributed by atoms with Gasteiger partial charge >= 0.3 is 0 Å². The Morgan fingerprint density at radius 3 is 2.52 bits per heavy atom. The number of imidazole rings is 1. The Morgan fingerprint density at radius 2 is 1.76 bits per heavy atom. The van der Waals surface area contributed by atoms with Crippen molar-refractivity contribution >= 4 is 11.3 Å². The first-order chi connectivity index (χ1) is 12.2. The molecule has 3 heterocycles. The lowest BCUT2D eigenvalue weighted by Crippen LogP contribution is -2.03. The Morgan fingerprint density at radius 1 is 0.920 bits per heavy atom. The van der Waals surface area contributed by atoms with Gasteiger partial charge in [-0.25, -0.2) is 4.98 Å². The Balaban J connectivity index is 1.49. The summed E-state index contributed by atoms with van der Waals surface area (Å²) in [6.45, 7) is 4.84. The maximum atomic E-state index is 4.66. The molecule has 4 aromatic rings. The molecule has 0 amide bonds. The van der Waals surface area contributed by atoms with Gasteiger partial charge in [-0.2, -0.15) is 0 Å². The third-order valence-corrected chi connectivity index (χ3v) is 4.36. The maximum absolute atomic E-state index is 4.66. The second kappa shape index (κ2) is 6.40. The number of benzene rings is 1. The summed E-state index contributed by atoms with van der Waals surface area (Å²) in [6, 6.07) is 18.6. The van der Waals surface area contributed by atoms with Crippen LogP contribution in [0.4, 0.5) is 5.69 Å². The molecule has 3 aromatic heterocycles. The van der Waals surface area contributed by atoms with E-state index in [2.05, 4.69) is 64.8 Å². The highest BCUT2D eigenvalue weighted by atomic mass is 15.0. The van der Waals surface area contributed by atoms with Gasteiger partial charge in [-0.05, 0) is 49.7 Å². The van der Waals surface area contributed by atoms with Crippen LogP contribution in [0, 0.1) is 13.8 Å². The topological polar surface area (TPSA) is 42.2 Å². The number of hydrogen-bond acceptors (Lipinski definition) is 3. The zero-order valence-electron chi connectivity index (χ0n) is 14.4. The molecular formula is C21H20N4. The first-order valence-corrected chi connectivity index (χ1v) is 8.40. The zero-order valence-corrected chi connectivity index (χ0v) is 14.4. The minimum Gasteiger partial charge on any atom is -0.381 e. The summed E-state index contributed by atoms with van der Waals surface area (Å²) in [5, 5.41) is 3.46. The van der Waals surface area contributed by atoms with Gasteiger partial charge in [-0.3, -0.25) is 4.98 Å². The first-order valence-electron chi connectivity index (χ1n) is 8.40. The molecule has 4 rings (SSSR count). The smallest absolute Gasteiger partial charge is 0.137 e. The number of rotatable bonds is 4. The summed E-state index contributed by atoms with van der Waals surface area (Å²) < 4.78 is 2.04. The van der Waals surface area contributed by atoms with Crippen LogP contribution in [0.3, 0.4) is 0 Å². The van der Waals surface area contributed by atoms with Gasteiger partial charge in [0.15, 0.2) is 0 Å². The van der Waals surface area contributed by atoms with Gasteiger partial charge in [0.05, 0.1) is 5.69 Å². The predicted molar refractivity (Wildman–Crippen MR) is 102 cm³/mol. The molecule has 0 spiro atoms. The van der Waals surface area contributed by atoms with Crippen LogP contribution >= 0.6 is 0 Å². The van der Waals surface area contributed by atoms with Crippen molar-refractivity contribution in [1.29, 1.82) is 0 Å². The molecular weight excluding hydrogens is 308 g/mol. The Bertz CT molecular complexity index is 983. The molecule has 0 saturated carbocycles.